The molecule has 34 heavy (non-hydrogen) atoms. The summed E-state index contributed by atoms with van der Waals surface area (Å²) in [6.45, 7) is 5.68. The molecular weight excluding hydrogens is 433 g/mol. The zero-order chi connectivity index (χ0) is 23.4. The predicted molar refractivity (Wildman–Crippen MR) is 127 cm³/mol. The third kappa shape index (κ3) is 5.26. The third-order valence-electron chi connectivity index (χ3n) is 6.36. The van der Waals surface area contributed by atoms with E-state index in [0.717, 1.165) is 38.4 Å². The largest absolute Gasteiger partial charge is 0.492 e. The summed E-state index contributed by atoms with van der Waals surface area (Å²) in [6.07, 6.45) is 1.77. The van der Waals surface area contributed by atoms with E-state index in [1.54, 1.807) is 30.5 Å². The summed E-state index contributed by atoms with van der Waals surface area (Å²) in [5, 5.41) is 2.89. The van der Waals surface area contributed by atoms with Crippen molar-refractivity contribution in [2.75, 3.05) is 39.5 Å². The quantitative estimate of drug-likeness (QED) is 0.529. The molecule has 2 saturated heterocycles. The fraction of sp³-hybridized carbons (Fsp3) is 0.333. The first-order valence-corrected chi connectivity index (χ1v) is 11.6. The Morgan fingerprint density at radius 3 is 2.62 bits per heavy atom. The van der Waals surface area contributed by atoms with Crippen LogP contribution in [0.25, 0.3) is 11.1 Å². The lowest BCUT2D eigenvalue weighted by molar-refractivity contribution is -0.189. The number of nitrogens with zero attached hydrogens (tertiary/aromatic N) is 2. The Morgan fingerprint density at radius 1 is 1.12 bits per heavy atom. The summed E-state index contributed by atoms with van der Waals surface area (Å²) < 4.78 is 25.8. The molecule has 0 saturated carbocycles. The molecule has 2 aliphatic rings. The van der Waals surface area contributed by atoms with Crippen molar-refractivity contribution in [3.63, 3.8) is 0 Å². The van der Waals surface area contributed by atoms with Crippen LogP contribution < -0.4 is 10.1 Å². The molecule has 0 radical (unpaired) electrons. The molecule has 176 valence electrons. The first-order chi connectivity index (χ1) is 16.6. The Labute approximate surface area is 198 Å². The summed E-state index contributed by atoms with van der Waals surface area (Å²) in [5.74, 6) is 0.0523. The van der Waals surface area contributed by atoms with E-state index in [1.165, 1.54) is 6.07 Å². The van der Waals surface area contributed by atoms with Gasteiger partial charge in [0, 0.05) is 60.7 Å². The summed E-state index contributed by atoms with van der Waals surface area (Å²) >= 11 is 0. The highest BCUT2D eigenvalue weighted by molar-refractivity contribution is 5.78. The molecule has 1 aromatic heterocycles. The second-order valence-electron chi connectivity index (χ2n) is 9.17. The molecule has 3 heterocycles. The van der Waals surface area contributed by atoms with Gasteiger partial charge in [0.05, 0.1) is 19.6 Å². The van der Waals surface area contributed by atoms with Crippen molar-refractivity contribution in [3.05, 3.63) is 83.9 Å². The third-order valence-corrected chi connectivity index (χ3v) is 6.36. The van der Waals surface area contributed by atoms with Crippen LogP contribution in [0.2, 0.25) is 0 Å². The lowest BCUT2D eigenvalue weighted by atomic mass is 9.78. The van der Waals surface area contributed by atoms with Gasteiger partial charge in [-0.3, -0.25) is 14.7 Å². The normalized spacial score (nSPS) is 16.5. The van der Waals surface area contributed by atoms with Gasteiger partial charge in [-0.05, 0) is 23.8 Å². The van der Waals surface area contributed by atoms with Crippen molar-refractivity contribution in [2.24, 2.45) is 5.41 Å². The van der Waals surface area contributed by atoms with Gasteiger partial charge in [0.25, 0.3) is 0 Å². The molecule has 2 aliphatic heterocycles. The van der Waals surface area contributed by atoms with Crippen molar-refractivity contribution in [2.45, 2.75) is 13.0 Å². The van der Waals surface area contributed by atoms with Crippen LogP contribution in [0.15, 0.2) is 66.9 Å². The minimum atomic E-state index is -0.359. The van der Waals surface area contributed by atoms with E-state index in [1.807, 2.05) is 30.3 Å². The monoisotopic (exact) mass is 461 g/mol. The molecule has 0 aliphatic carbocycles. The summed E-state index contributed by atoms with van der Waals surface area (Å²) in [5.41, 5.74) is 3.18. The summed E-state index contributed by atoms with van der Waals surface area (Å²) in [6, 6.07) is 18.2. The van der Waals surface area contributed by atoms with Crippen LogP contribution in [-0.2, 0) is 22.5 Å². The number of likely N-dealkylation sites (tertiary alicyclic amines) is 1. The number of halogens is 1. The molecule has 3 aromatic rings. The number of carbonyl (C=O) groups is 1. The average molecular weight is 462 g/mol. The number of hydrogen-bond acceptors (Lipinski definition) is 5. The van der Waals surface area contributed by atoms with E-state index < -0.39 is 0 Å². The number of carbonyl (C=O) groups excluding carboxylic acids is 1. The van der Waals surface area contributed by atoms with Crippen molar-refractivity contribution >= 4 is 5.91 Å². The van der Waals surface area contributed by atoms with E-state index in [9.17, 15) is 9.18 Å². The first kappa shape index (κ1) is 22.5. The lowest BCUT2D eigenvalue weighted by Gasteiger charge is -2.55. The SMILES string of the molecule is O=C(Cc1ccc(-c2ccc(OCCN3CC4(COC4)C3)cc2F)cn1)NCc1ccccc1. The first-order valence-electron chi connectivity index (χ1n) is 11.6. The Balaban J connectivity index is 1.10. The number of hydrogen-bond donors (Lipinski definition) is 1. The van der Waals surface area contributed by atoms with Gasteiger partial charge in [0.1, 0.15) is 18.2 Å². The fourth-order valence-electron chi connectivity index (χ4n) is 4.46. The van der Waals surface area contributed by atoms with E-state index in [2.05, 4.69) is 15.2 Å². The molecule has 1 amide bonds. The van der Waals surface area contributed by atoms with Gasteiger partial charge in [-0.2, -0.15) is 0 Å². The molecule has 2 aromatic carbocycles. The van der Waals surface area contributed by atoms with E-state index in [4.69, 9.17) is 9.47 Å². The average Bonchev–Trinajstić information content (AvgIpc) is 2.79. The Morgan fingerprint density at radius 2 is 1.94 bits per heavy atom. The molecule has 0 unspecified atom stereocenters. The zero-order valence-corrected chi connectivity index (χ0v) is 19.0. The van der Waals surface area contributed by atoms with Gasteiger partial charge < -0.3 is 14.8 Å². The fourth-order valence-corrected chi connectivity index (χ4v) is 4.46. The second kappa shape index (κ2) is 9.91. The second-order valence-corrected chi connectivity index (χ2v) is 9.17. The van der Waals surface area contributed by atoms with E-state index in [0.29, 0.717) is 41.1 Å². The molecule has 2 fully saturated rings. The van der Waals surface area contributed by atoms with Gasteiger partial charge in [-0.1, -0.05) is 36.4 Å². The lowest BCUT2D eigenvalue weighted by Crippen LogP contribution is -2.66. The Bertz CT molecular complexity index is 1130. The standard InChI is InChI=1S/C27H28FN3O3/c28-25-13-23(34-11-10-31-16-27(17-31)18-33-19-27)8-9-24(25)21-6-7-22(29-15-21)12-26(32)30-14-20-4-2-1-3-5-20/h1-9,13,15H,10-12,14,16-19H2,(H,30,32). The van der Waals surface area contributed by atoms with E-state index in [-0.39, 0.29) is 18.1 Å². The van der Waals surface area contributed by atoms with Gasteiger partial charge in [0.15, 0.2) is 0 Å². The Kier molecular flexibility index (Phi) is 6.56. The maximum Gasteiger partial charge on any atom is 0.226 e. The maximum absolute atomic E-state index is 14.7. The van der Waals surface area contributed by atoms with Crippen molar-refractivity contribution in [1.82, 2.24) is 15.2 Å². The predicted octanol–water partition coefficient (Wildman–Crippen LogP) is 3.46. The van der Waals surface area contributed by atoms with Crippen LogP contribution in [0.3, 0.4) is 0 Å². The van der Waals surface area contributed by atoms with Gasteiger partial charge >= 0.3 is 0 Å². The number of rotatable bonds is 9. The molecule has 5 rings (SSSR count). The molecule has 1 N–H and O–H groups in total. The van der Waals surface area contributed by atoms with Gasteiger partial charge in [-0.25, -0.2) is 4.39 Å². The molecule has 6 nitrogen and oxygen atoms in total. The van der Waals surface area contributed by atoms with Crippen LogP contribution in [-0.4, -0.2) is 55.2 Å². The number of amides is 1. The molecule has 7 heteroatoms. The Hall–Kier alpha value is -3.29. The topological polar surface area (TPSA) is 63.7 Å². The smallest absolute Gasteiger partial charge is 0.226 e. The van der Waals surface area contributed by atoms with Crippen molar-refractivity contribution < 1.29 is 18.7 Å². The van der Waals surface area contributed by atoms with Crippen molar-refractivity contribution in [3.8, 4) is 16.9 Å². The molecule has 0 atom stereocenters. The summed E-state index contributed by atoms with van der Waals surface area (Å²) in [4.78, 5) is 18.9. The minimum absolute atomic E-state index is 0.105. The highest BCUT2D eigenvalue weighted by Crippen LogP contribution is 2.37. The van der Waals surface area contributed by atoms with Crippen LogP contribution in [0, 0.1) is 11.2 Å². The maximum atomic E-state index is 14.7. The van der Waals surface area contributed by atoms with Crippen LogP contribution in [0.5, 0.6) is 5.75 Å². The molecular formula is C27H28FN3O3. The van der Waals surface area contributed by atoms with Crippen LogP contribution >= 0.6 is 0 Å². The highest BCUT2D eigenvalue weighted by Gasteiger charge is 2.48. The number of pyridine rings is 1. The minimum Gasteiger partial charge on any atom is -0.492 e. The van der Waals surface area contributed by atoms with E-state index >= 15 is 0 Å². The molecule has 1 spiro atoms. The number of nitrogens with one attached hydrogen (secondary N) is 1. The number of ether oxygens (including phenoxy) is 2. The summed E-state index contributed by atoms with van der Waals surface area (Å²) in [7, 11) is 0. The van der Waals surface area contributed by atoms with Crippen LogP contribution in [0.4, 0.5) is 4.39 Å². The number of benzene rings is 2. The highest BCUT2D eigenvalue weighted by atomic mass is 19.1. The van der Waals surface area contributed by atoms with Crippen LogP contribution in [0.1, 0.15) is 11.3 Å². The van der Waals surface area contributed by atoms with Gasteiger partial charge in [-0.15, -0.1) is 0 Å². The number of aromatic nitrogens is 1. The molecule has 0 bridgehead atoms. The van der Waals surface area contributed by atoms with Gasteiger partial charge in [0.2, 0.25) is 5.91 Å². The van der Waals surface area contributed by atoms with Crippen molar-refractivity contribution in [1.29, 1.82) is 0 Å². The zero-order valence-electron chi connectivity index (χ0n) is 19.0.